The molecule has 1 saturated heterocycles. The summed E-state index contributed by atoms with van der Waals surface area (Å²) in [5.41, 5.74) is 1.69. The summed E-state index contributed by atoms with van der Waals surface area (Å²) in [6.45, 7) is 1.48. The van der Waals surface area contributed by atoms with Gasteiger partial charge in [-0.25, -0.2) is 17.9 Å². The zero-order valence-corrected chi connectivity index (χ0v) is 16.5. The maximum atomic E-state index is 12.9. The van der Waals surface area contributed by atoms with Crippen LogP contribution in [0.1, 0.15) is 24.0 Å². The predicted octanol–water partition coefficient (Wildman–Crippen LogP) is 1.88. The highest BCUT2D eigenvalue weighted by Gasteiger charge is 2.26. The summed E-state index contributed by atoms with van der Waals surface area (Å²) in [6.07, 6.45) is 1.22. The lowest BCUT2D eigenvalue weighted by molar-refractivity contribution is -0.125. The molecule has 0 atom stereocenters. The number of carbonyl (C=O) groups excluding carboxylic acids is 1. The van der Waals surface area contributed by atoms with Gasteiger partial charge in [-0.3, -0.25) is 4.79 Å². The number of sulfonamides is 1. The van der Waals surface area contributed by atoms with Crippen molar-refractivity contribution in [2.24, 2.45) is 11.1 Å². The summed E-state index contributed by atoms with van der Waals surface area (Å²) in [7, 11) is -3.88. The van der Waals surface area contributed by atoms with Crippen LogP contribution in [0, 0.1) is 23.1 Å². The number of nitriles is 1. The molecule has 7 nitrogen and oxygen atoms in total. The molecule has 9 heteroatoms. The van der Waals surface area contributed by atoms with Gasteiger partial charge in [-0.15, -0.1) is 0 Å². The van der Waals surface area contributed by atoms with Gasteiger partial charge in [-0.1, -0.05) is 12.1 Å². The average molecular weight is 416 g/mol. The van der Waals surface area contributed by atoms with Gasteiger partial charge in [0.05, 0.1) is 16.1 Å². The number of halogens is 1. The number of nitrogens with one attached hydrogen (secondary N) is 1. The standard InChI is InChI=1S/C20H21FN4O3S/c21-17-3-1-14(2-4-17)13-24-20(26)15-7-9-25(10-8-15)19-6-5-18(29(23,27)28)11-16(19)12-22/h1-6,11,15H,7-10,13H2,(H,24,26)(H2,23,27,28). The Labute approximate surface area is 169 Å². The predicted molar refractivity (Wildman–Crippen MR) is 106 cm³/mol. The maximum absolute atomic E-state index is 12.9. The number of amides is 1. The number of carbonyl (C=O) groups is 1. The van der Waals surface area contributed by atoms with Crippen LogP contribution in [0.25, 0.3) is 0 Å². The zero-order chi connectivity index (χ0) is 21.0. The third-order valence-electron chi connectivity index (χ3n) is 5.00. The van der Waals surface area contributed by atoms with E-state index in [-0.39, 0.29) is 28.1 Å². The first kappa shape index (κ1) is 20.8. The van der Waals surface area contributed by atoms with E-state index in [9.17, 15) is 22.9 Å². The molecule has 0 spiro atoms. The number of primary sulfonamides is 1. The first-order valence-electron chi connectivity index (χ1n) is 9.12. The van der Waals surface area contributed by atoms with E-state index < -0.39 is 10.0 Å². The molecule has 1 amide bonds. The Hall–Kier alpha value is -2.96. The monoisotopic (exact) mass is 416 g/mol. The molecule has 0 unspecified atom stereocenters. The van der Waals surface area contributed by atoms with Crippen molar-refractivity contribution in [1.82, 2.24) is 5.32 Å². The van der Waals surface area contributed by atoms with Crippen molar-refractivity contribution in [3.63, 3.8) is 0 Å². The number of anilines is 1. The number of piperidine rings is 1. The minimum atomic E-state index is -3.88. The molecule has 0 saturated carbocycles. The Morgan fingerprint density at radius 1 is 1.21 bits per heavy atom. The van der Waals surface area contributed by atoms with E-state index in [4.69, 9.17) is 5.14 Å². The van der Waals surface area contributed by atoms with Crippen molar-refractivity contribution < 1.29 is 17.6 Å². The third-order valence-corrected chi connectivity index (χ3v) is 5.91. The average Bonchev–Trinajstić information content (AvgIpc) is 2.72. The third kappa shape index (κ3) is 5.10. The highest BCUT2D eigenvalue weighted by atomic mass is 32.2. The van der Waals surface area contributed by atoms with Gasteiger partial charge in [0.1, 0.15) is 11.9 Å². The van der Waals surface area contributed by atoms with Crippen LogP contribution >= 0.6 is 0 Å². The lowest BCUT2D eigenvalue weighted by Crippen LogP contribution is -2.40. The van der Waals surface area contributed by atoms with Crippen molar-refractivity contribution in [1.29, 1.82) is 5.26 Å². The van der Waals surface area contributed by atoms with E-state index in [1.54, 1.807) is 18.2 Å². The molecule has 2 aromatic carbocycles. The topological polar surface area (TPSA) is 116 Å². The Morgan fingerprint density at radius 3 is 2.45 bits per heavy atom. The Balaban J connectivity index is 1.59. The minimum absolute atomic E-state index is 0.0564. The van der Waals surface area contributed by atoms with Crippen LogP contribution in [0.5, 0.6) is 0 Å². The van der Waals surface area contributed by atoms with Gasteiger partial charge >= 0.3 is 0 Å². The molecule has 1 fully saturated rings. The van der Waals surface area contributed by atoms with Gasteiger partial charge in [-0.05, 0) is 48.7 Å². The smallest absolute Gasteiger partial charge is 0.238 e. The Bertz CT molecular complexity index is 1040. The van der Waals surface area contributed by atoms with Crippen molar-refractivity contribution in [2.45, 2.75) is 24.3 Å². The molecule has 2 aromatic rings. The van der Waals surface area contributed by atoms with Crippen LogP contribution in [0.4, 0.5) is 10.1 Å². The van der Waals surface area contributed by atoms with Crippen LogP contribution in [0.15, 0.2) is 47.4 Å². The molecular weight excluding hydrogens is 395 g/mol. The second-order valence-electron chi connectivity index (χ2n) is 6.94. The zero-order valence-electron chi connectivity index (χ0n) is 15.6. The van der Waals surface area contributed by atoms with Gasteiger partial charge in [0.2, 0.25) is 15.9 Å². The number of rotatable bonds is 5. The number of nitrogens with two attached hydrogens (primary N) is 1. The first-order chi connectivity index (χ1) is 13.8. The fourth-order valence-corrected chi connectivity index (χ4v) is 3.92. The van der Waals surface area contributed by atoms with Crippen molar-refractivity contribution in [3.05, 3.63) is 59.4 Å². The maximum Gasteiger partial charge on any atom is 0.238 e. The molecule has 0 radical (unpaired) electrons. The van der Waals surface area contributed by atoms with Crippen LogP contribution < -0.4 is 15.4 Å². The molecule has 3 N–H and O–H groups in total. The van der Waals surface area contributed by atoms with Crippen molar-refractivity contribution >= 4 is 21.6 Å². The first-order valence-corrected chi connectivity index (χ1v) is 10.7. The molecule has 29 heavy (non-hydrogen) atoms. The molecule has 1 aliphatic heterocycles. The molecule has 0 aromatic heterocycles. The summed E-state index contributed by atoms with van der Waals surface area (Å²) < 4.78 is 35.9. The van der Waals surface area contributed by atoms with E-state index in [2.05, 4.69) is 5.32 Å². The van der Waals surface area contributed by atoms with Gasteiger partial charge in [0.25, 0.3) is 0 Å². The van der Waals surface area contributed by atoms with E-state index in [1.165, 1.54) is 24.3 Å². The molecule has 152 valence electrons. The number of benzene rings is 2. The van der Waals surface area contributed by atoms with E-state index >= 15 is 0 Å². The summed E-state index contributed by atoms with van der Waals surface area (Å²) >= 11 is 0. The summed E-state index contributed by atoms with van der Waals surface area (Å²) in [5.74, 6) is -0.527. The Morgan fingerprint density at radius 2 is 1.86 bits per heavy atom. The van der Waals surface area contributed by atoms with E-state index in [0.29, 0.717) is 38.2 Å². The van der Waals surface area contributed by atoms with Crippen LogP contribution in [-0.4, -0.2) is 27.4 Å². The normalized spacial score (nSPS) is 15.0. The molecule has 0 aliphatic carbocycles. The minimum Gasteiger partial charge on any atom is -0.370 e. The van der Waals surface area contributed by atoms with E-state index in [1.807, 2.05) is 11.0 Å². The van der Waals surface area contributed by atoms with Crippen molar-refractivity contribution in [2.75, 3.05) is 18.0 Å². The summed E-state index contributed by atoms with van der Waals surface area (Å²) in [6, 6.07) is 12.2. The SMILES string of the molecule is N#Cc1cc(S(N)(=O)=O)ccc1N1CCC(C(=O)NCc2ccc(F)cc2)CC1. The number of nitrogens with zero attached hydrogens (tertiary/aromatic N) is 2. The summed E-state index contributed by atoms with van der Waals surface area (Å²) in [4.78, 5) is 14.3. The summed E-state index contributed by atoms with van der Waals surface area (Å²) in [5, 5.41) is 17.4. The number of hydrogen-bond acceptors (Lipinski definition) is 5. The van der Waals surface area contributed by atoms with Crippen LogP contribution in [-0.2, 0) is 21.4 Å². The van der Waals surface area contributed by atoms with Crippen molar-refractivity contribution in [3.8, 4) is 6.07 Å². The number of hydrogen-bond donors (Lipinski definition) is 2. The second-order valence-corrected chi connectivity index (χ2v) is 8.50. The van der Waals surface area contributed by atoms with Crippen LogP contribution in [0.3, 0.4) is 0 Å². The lowest BCUT2D eigenvalue weighted by atomic mass is 9.95. The molecule has 1 aliphatic rings. The van der Waals surface area contributed by atoms with Crippen LogP contribution in [0.2, 0.25) is 0 Å². The fourth-order valence-electron chi connectivity index (χ4n) is 3.38. The molecule has 0 bridgehead atoms. The van der Waals surface area contributed by atoms with Gasteiger partial charge < -0.3 is 10.2 Å². The van der Waals surface area contributed by atoms with Gasteiger partial charge in [0, 0.05) is 25.6 Å². The molecule has 1 heterocycles. The van der Waals surface area contributed by atoms with E-state index in [0.717, 1.165) is 5.56 Å². The largest absolute Gasteiger partial charge is 0.370 e. The fraction of sp³-hybridized carbons (Fsp3) is 0.300. The quantitative estimate of drug-likeness (QED) is 0.772. The van der Waals surface area contributed by atoms with Gasteiger partial charge in [-0.2, -0.15) is 5.26 Å². The highest BCUT2D eigenvalue weighted by molar-refractivity contribution is 7.89. The Kier molecular flexibility index (Phi) is 6.15. The second kappa shape index (κ2) is 8.59. The molecule has 3 rings (SSSR count). The molecular formula is C20H21FN4O3S. The lowest BCUT2D eigenvalue weighted by Gasteiger charge is -2.33. The van der Waals surface area contributed by atoms with Gasteiger partial charge in [0.15, 0.2) is 0 Å². The highest BCUT2D eigenvalue weighted by Crippen LogP contribution is 2.28.